The molecule has 0 spiro atoms. The first-order valence-electron chi connectivity index (χ1n) is 10.3. The van der Waals surface area contributed by atoms with Gasteiger partial charge in [-0.3, -0.25) is 14.5 Å². The second-order valence-electron chi connectivity index (χ2n) is 7.88. The maximum Gasteiger partial charge on any atom is 0.225 e. The van der Waals surface area contributed by atoms with Crippen molar-refractivity contribution in [3.8, 4) is 0 Å². The van der Waals surface area contributed by atoms with E-state index in [2.05, 4.69) is 11.0 Å². The Morgan fingerprint density at radius 3 is 2.53 bits per heavy atom. The molecule has 0 radical (unpaired) electrons. The van der Waals surface area contributed by atoms with E-state index in [9.17, 15) is 9.59 Å². The molecule has 1 unspecified atom stereocenters. The molecular weight excluding hydrogens is 398 g/mol. The van der Waals surface area contributed by atoms with Crippen molar-refractivity contribution in [2.45, 2.75) is 25.9 Å². The topological polar surface area (TPSA) is 43.9 Å². The zero-order valence-electron chi connectivity index (χ0n) is 17.1. The Kier molecular flexibility index (Phi) is 6.21. The van der Waals surface area contributed by atoms with Gasteiger partial charge < -0.3 is 9.80 Å². The fourth-order valence-electron chi connectivity index (χ4n) is 4.26. The van der Waals surface area contributed by atoms with E-state index in [0.29, 0.717) is 19.5 Å². The molecule has 1 saturated heterocycles. The quantitative estimate of drug-likeness (QED) is 0.747. The Balaban J connectivity index is 1.38. The Labute approximate surface area is 182 Å². The predicted molar refractivity (Wildman–Crippen MR) is 119 cm³/mol. The van der Waals surface area contributed by atoms with E-state index in [1.807, 2.05) is 53.4 Å². The van der Waals surface area contributed by atoms with Crippen molar-refractivity contribution in [2.24, 2.45) is 0 Å². The number of halogens is 1. The van der Waals surface area contributed by atoms with Crippen LogP contribution in [-0.4, -0.2) is 52.7 Å². The summed E-state index contributed by atoms with van der Waals surface area (Å²) in [5.41, 5.74) is 3.28. The van der Waals surface area contributed by atoms with Gasteiger partial charge in [0.1, 0.15) is 0 Å². The van der Waals surface area contributed by atoms with E-state index < -0.39 is 0 Å². The van der Waals surface area contributed by atoms with Crippen LogP contribution in [0.3, 0.4) is 0 Å². The zero-order chi connectivity index (χ0) is 21.1. The lowest BCUT2D eigenvalue weighted by atomic mass is 9.93. The van der Waals surface area contributed by atoms with Gasteiger partial charge in [-0.15, -0.1) is 0 Å². The zero-order valence-corrected chi connectivity index (χ0v) is 17.9. The molecule has 2 aromatic carbocycles. The van der Waals surface area contributed by atoms with Gasteiger partial charge in [0, 0.05) is 50.9 Å². The van der Waals surface area contributed by atoms with E-state index >= 15 is 0 Å². The normalized spacial score (nSPS) is 18.9. The lowest BCUT2D eigenvalue weighted by molar-refractivity contribution is -0.136. The number of carbonyl (C=O) groups is 2. The molecule has 2 aromatic rings. The minimum absolute atomic E-state index is 0.0510. The van der Waals surface area contributed by atoms with Crippen molar-refractivity contribution in [1.82, 2.24) is 14.7 Å². The molecule has 2 amide bonds. The van der Waals surface area contributed by atoms with Gasteiger partial charge in [-0.1, -0.05) is 48.0 Å². The molecule has 1 fully saturated rings. The molecule has 2 aliphatic heterocycles. The first-order valence-corrected chi connectivity index (χ1v) is 10.7. The maximum absolute atomic E-state index is 13.1. The highest BCUT2D eigenvalue weighted by Gasteiger charge is 2.30. The van der Waals surface area contributed by atoms with Crippen LogP contribution in [0.15, 0.2) is 54.7 Å². The molecule has 1 atom stereocenters. The highest BCUT2D eigenvalue weighted by atomic mass is 35.5. The van der Waals surface area contributed by atoms with Gasteiger partial charge in [0.05, 0.1) is 12.5 Å². The molecule has 0 aliphatic carbocycles. The largest absolute Gasteiger partial charge is 0.340 e. The van der Waals surface area contributed by atoms with Crippen LogP contribution < -0.4 is 0 Å². The minimum atomic E-state index is -0.249. The third kappa shape index (κ3) is 4.58. The van der Waals surface area contributed by atoms with Crippen LogP contribution in [0.1, 0.15) is 36.1 Å². The van der Waals surface area contributed by atoms with Gasteiger partial charge in [0.15, 0.2) is 0 Å². The van der Waals surface area contributed by atoms with E-state index in [1.54, 1.807) is 18.0 Å². The summed E-state index contributed by atoms with van der Waals surface area (Å²) < 4.78 is 0. The summed E-state index contributed by atoms with van der Waals surface area (Å²) >= 11 is 6.09. The van der Waals surface area contributed by atoms with E-state index in [0.717, 1.165) is 35.8 Å². The summed E-state index contributed by atoms with van der Waals surface area (Å²) in [7, 11) is 0. The number of benzene rings is 2. The van der Waals surface area contributed by atoms with Crippen molar-refractivity contribution in [2.75, 3.05) is 26.2 Å². The first-order chi connectivity index (χ1) is 14.5. The number of hydrogen-bond acceptors (Lipinski definition) is 3. The second-order valence-corrected chi connectivity index (χ2v) is 8.31. The first kappa shape index (κ1) is 20.6. The van der Waals surface area contributed by atoms with Gasteiger partial charge in [-0.05, 0) is 34.9 Å². The summed E-state index contributed by atoms with van der Waals surface area (Å²) in [6.45, 7) is 5.44. The Bertz CT molecular complexity index is 966. The average molecular weight is 424 g/mol. The molecule has 6 heteroatoms. The number of piperazine rings is 1. The summed E-state index contributed by atoms with van der Waals surface area (Å²) in [5.74, 6) is 0.0450. The lowest BCUT2D eigenvalue weighted by Gasteiger charge is -2.37. The summed E-state index contributed by atoms with van der Waals surface area (Å²) in [6, 6.07) is 15.6. The Morgan fingerprint density at radius 2 is 1.80 bits per heavy atom. The van der Waals surface area contributed by atoms with Gasteiger partial charge in [-0.2, -0.15) is 0 Å². The van der Waals surface area contributed by atoms with E-state index in [1.165, 1.54) is 5.56 Å². The van der Waals surface area contributed by atoms with Crippen molar-refractivity contribution in [1.29, 1.82) is 0 Å². The van der Waals surface area contributed by atoms with Gasteiger partial charge in [-0.25, -0.2) is 0 Å². The molecule has 2 heterocycles. The standard InChI is InChI=1S/C24H26ClN3O2/c1-18(29)28-10-9-20-6-2-3-8-22(20)23(28)16-24(30)27-13-11-26(12-14-27)17-19-5-4-7-21(25)15-19/h2-10,15,23H,11-14,16-17H2,1H3. The molecule has 5 nitrogen and oxygen atoms in total. The minimum Gasteiger partial charge on any atom is -0.340 e. The predicted octanol–water partition coefficient (Wildman–Crippen LogP) is 3.95. The van der Waals surface area contributed by atoms with Crippen molar-refractivity contribution >= 4 is 29.5 Å². The Morgan fingerprint density at radius 1 is 1.03 bits per heavy atom. The third-order valence-corrected chi connectivity index (χ3v) is 6.09. The smallest absolute Gasteiger partial charge is 0.225 e. The molecule has 0 aromatic heterocycles. The third-order valence-electron chi connectivity index (χ3n) is 5.86. The van der Waals surface area contributed by atoms with Gasteiger partial charge in [0.25, 0.3) is 0 Å². The van der Waals surface area contributed by atoms with Crippen LogP contribution in [0.5, 0.6) is 0 Å². The second kappa shape index (κ2) is 9.02. The number of nitrogens with zero attached hydrogens (tertiary/aromatic N) is 3. The summed E-state index contributed by atoms with van der Waals surface area (Å²) in [6.07, 6.45) is 4.03. The van der Waals surface area contributed by atoms with E-state index in [4.69, 9.17) is 11.6 Å². The maximum atomic E-state index is 13.1. The molecule has 4 rings (SSSR count). The fourth-order valence-corrected chi connectivity index (χ4v) is 4.47. The fraction of sp³-hybridized carbons (Fsp3) is 0.333. The van der Waals surface area contributed by atoms with Crippen LogP contribution >= 0.6 is 11.6 Å². The highest BCUT2D eigenvalue weighted by Crippen LogP contribution is 2.33. The molecule has 2 aliphatic rings. The van der Waals surface area contributed by atoms with Crippen molar-refractivity contribution in [3.05, 3.63) is 76.4 Å². The Hall–Kier alpha value is -2.63. The highest BCUT2D eigenvalue weighted by molar-refractivity contribution is 6.30. The number of fused-ring (bicyclic) bond motifs is 1. The van der Waals surface area contributed by atoms with Crippen molar-refractivity contribution in [3.63, 3.8) is 0 Å². The molecule has 30 heavy (non-hydrogen) atoms. The van der Waals surface area contributed by atoms with Crippen LogP contribution in [-0.2, 0) is 16.1 Å². The van der Waals surface area contributed by atoms with Crippen LogP contribution in [0.2, 0.25) is 5.02 Å². The monoisotopic (exact) mass is 423 g/mol. The molecule has 0 bridgehead atoms. The molecule has 156 valence electrons. The summed E-state index contributed by atoms with van der Waals surface area (Å²) in [5, 5.41) is 0.748. The average Bonchev–Trinajstić information content (AvgIpc) is 2.74. The van der Waals surface area contributed by atoms with Crippen molar-refractivity contribution < 1.29 is 9.59 Å². The van der Waals surface area contributed by atoms with Crippen LogP contribution in [0, 0.1) is 0 Å². The molecule has 0 N–H and O–H groups in total. The number of rotatable bonds is 4. The summed E-state index contributed by atoms with van der Waals surface area (Å²) in [4.78, 5) is 31.2. The number of amides is 2. The van der Waals surface area contributed by atoms with Crippen LogP contribution in [0.25, 0.3) is 6.08 Å². The van der Waals surface area contributed by atoms with Crippen LogP contribution in [0.4, 0.5) is 0 Å². The molecular formula is C24H26ClN3O2. The number of carbonyl (C=O) groups excluding carboxylic acids is 2. The van der Waals surface area contributed by atoms with E-state index in [-0.39, 0.29) is 17.9 Å². The van der Waals surface area contributed by atoms with Gasteiger partial charge in [0.2, 0.25) is 11.8 Å². The number of hydrogen-bond donors (Lipinski definition) is 0. The molecule has 0 saturated carbocycles. The van der Waals surface area contributed by atoms with Gasteiger partial charge >= 0.3 is 0 Å². The lowest BCUT2D eigenvalue weighted by Crippen LogP contribution is -2.49. The SMILES string of the molecule is CC(=O)N1C=Cc2ccccc2C1CC(=O)N1CCN(Cc2cccc(Cl)c2)CC1.